The molecule has 2 unspecified atom stereocenters. The van der Waals surface area contributed by atoms with Crippen LogP contribution in [0.2, 0.25) is 0 Å². The van der Waals surface area contributed by atoms with E-state index in [1.54, 1.807) is 0 Å². The Hall–Kier alpha value is -0.860. The summed E-state index contributed by atoms with van der Waals surface area (Å²) in [6.07, 6.45) is 2.06. The summed E-state index contributed by atoms with van der Waals surface area (Å²) in [5, 5.41) is 12.8. The Morgan fingerprint density at radius 1 is 1.41 bits per heavy atom. The van der Waals surface area contributed by atoms with Crippen LogP contribution in [0.5, 0.6) is 0 Å². The number of aliphatic hydroxyl groups excluding tert-OH is 1. The van der Waals surface area contributed by atoms with E-state index in [9.17, 15) is 5.11 Å². The number of hydrogen-bond acceptors (Lipinski definition) is 2. The fraction of sp³-hybridized carbons (Fsp3) is 0.600. The zero-order valence-electron chi connectivity index (χ0n) is 11.0. The highest BCUT2D eigenvalue weighted by atomic mass is 16.3. The minimum Gasteiger partial charge on any atom is -0.392 e. The second-order valence-corrected chi connectivity index (χ2v) is 5.82. The first-order valence-corrected chi connectivity index (χ1v) is 6.51. The molecule has 0 amide bonds. The van der Waals surface area contributed by atoms with E-state index in [0.717, 1.165) is 6.42 Å². The first-order valence-electron chi connectivity index (χ1n) is 6.51. The van der Waals surface area contributed by atoms with E-state index in [1.165, 1.54) is 17.5 Å². The summed E-state index contributed by atoms with van der Waals surface area (Å²) in [4.78, 5) is 0. The highest BCUT2D eigenvalue weighted by Crippen LogP contribution is 2.41. The van der Waals surface area contributed by atoms with Gasteiger partial charge in [-0.15, -0.1) is 0 Å². The Bertz CT molecular complexity index is 384. The van der Waals surface area contributed by atoms with Crippen molar-refractivity contribution in [1.29, 1.82) is 0 Å². The van der Waals surface area contributed by atoms with Gasteiger partial charge in [-0.25, -0.2) is 0 Å². The summed E-state index contributed by atoms with van der Waals surface area (Å²) >= 11 is 0. The molecular weight excluding hydrogens is 210 g/mol. The maximum atomic E-state index is 9.37. The van der Waals surface area contributed by atoms with Gasteiger partial charge in [-0.3, -0.25) is 0 Å². The van der Waals surface area contributed by atoms with Crippen LogP contribution < -0.4 is 5.32 Å². The van der Waals surface area contributed by atoms with Gasteiger partial charge in [0.2, 0.25) is 0 Å². The number of nitrogens with one attached hydrogen (secondary N) is 1. The smallest absolute Gasteiger partial charge is 0.0636 e. The largest absolute Gasteiger partial charge is 0.392 e. The van der Waals surface area contributed by atoms with Crippen molar-refractivity contribution < 1.29 is 5.11 Å². The van der Waals surface area contributed by atoms with Crippen molar-refractivity contribution in [2.24, 2.45) is 0 Å². The number of benzene rings is 1. The summed E-state index contributed by atoms with van der Waals surface area (Å²) in [5.74, 6) is 0. The molecule has 2 rings (SSSR count). The second-order valence-electron chi connectivity index (χ2n) is 5.82. The van der Waals surface area contributed by atoms with Gasteiger partial charge >= 0.3 is 0 Å². The monoisotopic (exact) mass is 233 g/mol. The molecule has 0 radical (unpaired) electrons. The molecule has 0 aromatic heterocycles. The van der Waals surface area contributed by atoms with E-state index in [0.29, 0.717) is 12.6 Å². The van der Waals surface area contributed by atoms with Gasteiger partial charge in [-0.2, -0.15) is 0 Å². The van der Waals surface area contributed by atoms with Crippen LogP contribution in [-0.4, -0.2) is 17.8 Å². The SMILES string of the molecule is CC(O)CNC1CCC(C)(C)c2ccccc21. The van der Waals surface area contributed by atoms with Gasteiger partial charge in [0, 0.05) is 12.6 Å². The first kappa shape index (κ1) is 12.6. The summed E-state index contributed by atoms with van der Waals surface area (Å²) in [6, 6.07) is 9.09. The Morgan fingerprint density at radius 3 is 2.82 bits per heavy atom. The molecular formula is C15H23NO. The summed E-state index contributed by atoms with van der Waals surface area (Å²) in [6.45, 7) is 7.12. The molecule has 2 atom stereocenters. The zero-order chi connectivity index (χ0) is 12.5. The highest BCUT2D eigenvalue weighted by Gasteiger charge is 2.31. The van der Waals surface area contributed by atoms with Gasteiger partial charge in [0.15, 0.2) is 0 Å². The molecule has 1 aromatic rings. The number of hydrogen-bond donors (Lipinski definition) is 2. The molecule has 1 aliphatic carbocycles. The summed E-state index contributed by atoms with van der Waals surface area (Å²) in [5.41, 5.74) is 3.14. The lowest BCUT2D eigenvalue weighted by Gasteiger charge is -2.37. The first-order chi connectivity index (χ1) is 8.00. The van der Waals surface area contributed by atoms with Crippen LogP contribution in [0.25, 0.3) is 0 Å². The van der Waals surface area contributed by atoms with E-state index in [-0.39, 0.29) is 11.5 Å². The summed E-state index contributed by atoms with van der Waals surface area (Å²) in [7, 11) is 0. The van der Waals surface area contributed by atoms with Gasteiger partial charge in [-0.05, 0) is 36.3 Å². The average Bonchev–Trinajstić information content (AvgIpc) is 2.28. The Balaban J connectivity index is 2.22. The zero-order valence-corrected chi connectivity index (χ0v) is 11.0. The standard InChI is InChI=1S/C15H23NO/c1-11(17)10-16-14-8-9-15(2,3)13-7-5-4-6-12(13)14/h4-7,11,14,16-17H,8-10H2,1-3H3. The normalized spacial score (nSPS) is 24.1. The van der Waals surface area contributed by atoms with Crippen LogP contribution in [0.1, 0.15) is 50.8 Å². The van der Waals surface area contributed by atoms with Gasteiger partial charge in [0.25, 0.3) is 0 Å². The fourth-order valence-electron chi connectivity index (χ4n) is 2.74. The predicted octanol–water partition coefficient (Wildman–Crippen LogP) is 2.77. The molecule has 0 bridgehead atoms. The Kier molecular flexibility index (Phi) is 3.55. The maximum Gasteiger partial charge on any atom is 0.0636 e. The van der Waals surface area contributed by atoms with Gasteiger partial charge < -0.3 is 10.4 Å². The van der Waals surface area contributed by atoms with Gasteiger partial charge in [-0.1, -0.05) is 38.1 Å². The average molecular weight is 233 g/mol. The van der Waals surface area contributed by atoms with Crippen molar-refractivity contribution in [3.8, 4) is 0 Å². The molecule has 0 heterocycles. The molecule has 1 aliphatic rings. The molecule has 0 spiro atoms. The fourth-order valence-corrected chi connectivity index (χ4v) is 2.74. The van der Waals surface area contributed by atoms with E-state index in [1.807, 2.05) is 6.92 Å². The quantitative estimate of drug-likeness (QED) is 0.841. The Labute approximate surface area is 104 Å². The molecule has 0 saturated heterocycles. The molecule has 2 nitrogen and oxygen atoms in total. The molecule has 0 aliphatic heterocycles. The summed E-state index contributed by atoms with van der Waals surface area (Å²) < 4.78 is 0. The van der Waals surface area contributed by atoms with Crippen LogP contribution in [0, 0.1) is 0 Å². The van der Waals surface area contributed by atoms with E-state index in [2.05, 4.69) is 43.4 Å². The highest BCUT2D eigenvalue weighted by molar-refractivity contribution is 5.38. The lowest BCUT2D eigenvalue weighted by atomic mass is 9.71. The van der Waals surface area contributed by atoms with Crippen LogP contribution in [0.3, 0.4) is 0 Å². The van der Waals surface area contributed by atoms with Gasteiger partial charge in [0.05, 0.1) is 6.10 Å². The lowest BCUT2D eigenvalue weighted by Crippen LogP contribution is -2.35. The third-order valence-corrected chi connectivity index (χ3v) is 3.78. The van der Waals surface area contributed by atoms with Crippen LogP contribution in [-0.2, 0) is 5.41 Å². The third kappa shape index (κ3) is 2.70. The number of rotatable bonds is 3. The number of aliphatic hydroxyl groups is 1. The van der Waals surface area contributed by atoms with Crippen LogP contribution >= 0.6 is 0 Å². The third-order valence-electron chi connectivity index (χ3n) is 3.78. The van der Waals surface area contributed by atoms with Crippen molar-refractivity contribution in [2.45, 2.75) is 51.2 Å². The molecule has 0 saturated carbocycles. The minimum absolute atomic E-state index is 0.277. The minimum atomic E-state index is -0.280. The van der Waals surface area contributed by atoms with Crippen molar-refractivity contribution >= 4 is 0 Å². The van der Waals surface area contributed by atoms with Gasteiger partial charge in [0.1, 0.15) is 0 Å². The number of fused-ring (bicyclic) bond motifs is 1. The predicted molar refractivity (Wildman–Crippen MR) is 71.1 cm³/mol. The topological polar surface area (TPSA) is 32.3 Å². The molecule has 17 heavy (non-hydrogen) atoms. The van der Waals surface area contributed by atoms with E-state index >= 15 is 0 Å². The molecule has 94 valence electrons. The van der Waals surface area contributed by atoms with Crippen molar-refractivity contribution in [2.75, 3.05) is 6.54 Å². The van der Waals surface area contributed by atoms with E-state index < -0.39 is 0 Å². The molecule has 2 heteroatoms. The Morgan fingerprint density at radius 2 is 2.12 bits per heavy atom. The second kappa shape index (κ2) is 4.79. The maximum absolute atomic E-state index is 9.37. The molecule has 0 fully saturated rings. The van der Waals surface area contributed by atoms with Crippen molar-refractivity contribution in [1.82, 2.24) is 5.32 Å². The van der Waals surface area contributed by atoms with Crippen molar-refractivity contribution in [3.05, 3.63) is 35.4 Å². The lowest BCUT2D eigenvalue weighted by molar-refractivity contribution is 0.182. The van der Waals surface area contributed by atoms with Crippen LogP contribution in [0.15, 0.2) is 24.3 Å². The van der Waals surface area contributed by atoms with Crippen LogP contribution in [0.4, 0.5) is 0 Å². The van der Waals surface area contributed by atoms with E-state index in [4.69, 9.17) is 0 Å². The molecule has 2 N–H and O–H groups in total. The molecule has 1 aromatic carbocycles. The van der Waals surface area contributed by atoms with Crippen molar-refractivity contribution in [3.63, 3.8) is 0 Å².